The zero-order chi connectivity index (χ0) is 19.6. The van der Waals surface area contributed by atoms with Gasteiger partial charge in [0.15, 0.2) is 0 Å². The second-order valence-corrected chi connectivity index (χ2v) is 8.51. The highest BCUT2D eigenvalue weighted by Crippen LogP contribution is 2.34. The Morgan fingerprint density at radius 1 is 1.11 bits per heavy atom. The van der Waals surface area contributed by atoms with Gasteiger partial charge in [0.05, 0.1) is 7.11 Å². The molecule has 1 amide bonds. The molecule has 148 valence electrons. The van der Waals surface area contributed by atoms with Crippen molar-refractivity contribution in [1.29, 1.82) is 0 Å². The van der Waals surface area contributed by atoms with Gasteiger partial charge < -0.3 is 9.47 Å². The van der Waals surface area contributed by atoms with Crippen LogP contribution in [0.1, 0.15) is 39.2 Å². The minimum absolute atomic E-state index is 0.0485. The van der Waals surface area contributed by atoms with E-state index >= 15 is 0 Å². The van der Waals surface area contributed by atoms with Crippen LogP contribution >= 0.6 is 0 Å². The highest BCUT2D eigenvalue weighted by atomic mass is 16.6. The topological polar surface area (TPSA) is 59.1 Å². The number of hydrogen-bond acceptors (Lipinski definition) is 5. The molecule has 3 aliphatic rings. The van der Waals surface area contributed by atoms with Gasteiger partial charge in [0, 0.05) is 31.6 Å². The van der Waals surface area contributed by atoms with E-state index in [0.717, 1.165) is 25.9 Å². The molecule has 3 heterocycles. The zero-order valence-electron chi connectivity index (χ0n) is 16.7. The summed E-state index contributed by atoms with van der Waals surface area (Å²) in [6.45, 7) is 7.60. The fraction of sp³-hybridized carbons (Fsp3) is 0.619. The van der Waals surface area contributed by atoms with E-state index in [1.165, 1.54) is 12.7 Å². The maximum atomic E-state index is 12.9. The van der Waals surface area contributed by atoms with Gasteiger partial charge in [0.1, 0.15) is 11.6 Å². The van der Waals surface area contributed by atoms with Crippen molar-refractivity contribution in [2.75, 3.05) is 20.2 Å². The number of amides is 1. The minimum atomic E-state index is -0.604. The lowest BCUT2D eigenvalue weighted by molar-refractivity contribution is -0.148. The molecule has 6 nitrogen and oxygen atoms in total. The van der Waals surface area contributed by atoms with Crippen molar-refractivity contribution in [2.45, 2.75) is 57.8 Å². The van der Waals surface area contributed by atoms with Crippen LogP contribution in [0.25, 0.3) is 0 Å². The molecule has 3 saturated heterocycles. The van der Waals surface area contributed by atoms with E-state index in [4.69, 9.17) is 9.47 Å². The van der Waals surface area contributed by atoms with Crippen LogP contribution in [-0.2, 0) is 20.8 Å². The van der Waals surface area contributed by atoms with Crippen LogP contribution in [0.5, 0.6) is 0 Å². The smallest absolute Gasteiger partial charge is 0.411 e. The number of ether oxygens (including phenoxy) is 2. The minimum Gasteiger partial charge on any atom is -0.467 e. The Bertz CT molecular complexity index is 671. The Balaban J connectivity index is 1.84. The van der Waals surface area contributed by atoms with E-state index in [9.17, 15) is 9.59 Å². The molecule has 2 bridgehead atoms. The maximum absolute atomic E-state index is 12.9. The maximum Gasteiger partial charge on any atom is 0.411 e. The summed E-state index contributed by atoms with van der Waals surface area (Å²) < 4.78 is 10.6. The Labute approximate surface area is 161 Å². The third-order valence-corrected chi connectivity index (χ3v) is 5.35. The lowest BCUT2D eigenvalue weighted by Crippen LogP contribution is -2.50. The van der Waals surface area contributed by atoms with Gasteiger partial charge in [-0.25, -0.2) is 9.59 Å². The van der Waals surface area contributed by atoms with Crippen molar-refractivity contribution in [1.82, 2.24) is 9.80 Å². The van der Waals surface area contributed by atoms with Gasteiger partial charge in [-0.15, -0.1) is 0 Å². The second-order valence-electron chi connectivity index (χ2n) is 8.51. The van der Waals surface area contributed by atoms with Crippen LogP contribution in [0.4, 0.5) is 4.79 Å². The van der Waals surface area contributed by atoms with Crippen LogP contribution < -0.4 is 0 Å². The van der Waals surface area contributed by atoms with Crippen molar-refractivity contribution >= 4 is 12.1 Å². The van der Waals surface area contributed by atoms with Gasteiger partial charge in [-0.05, 0) is 39.2 Å². The van der Waals surface area contributed by atoms with E-state index in [0.29, 0.717) is 6.54 Å². The lowest BCUT2D eigenvalue weighted by atomic mass is 9.89. The fourth-order valence-electron chi connectivity index (χ4n) is 4.15. The number of carbonyl (C=O) groups is 2. The summed E-state index contributed by atoms with van der Waals surface area (Å²) in [5, 5.41) is 0. The number of benzene rings is 1. The molecule has 1 aromatic rings. The van der Waals surface area contributed by atoms with Gasteiger partial charge in [-0.2, -0.15) is 0 Å². The molecule has 27 heavy (non-hydrogen) atoms. The second kappa shape index (κ2) is 7.89. The van der Waals surface area contributed by atoms with Gasteiger partial charge in [-0.1, -0.05) is 30.3 Å². The molecule has 0 unspecified atom stereocenters. The number of piperidine rings is 1. The lowest BCUT2D eigenvalue weighted by Gasteiger charge is -2.36. The predicted octanol–water partition coefficient (Wildman–Crippen LogP) is 3.06. The van der Waals surface area contributed by atoms with Crippen molar-refractivity contribution in [3.63, 3.8) is 0 Å². The van der Waals surface area contributed by atoms with Crippen LogP contribution in [-0.4, -0.2) is 59.7 Å². The van der Waals surface area contributed by atoms with E-state index in [-0.39, 0.29) is 17.9 Å². The van der Waals surface area contributed by atoms with Crippen molar-refractivity contribution in [3.8, 4) is 0 Å². The Kier molecular flexibility index (Phi) is 5.75. The number of methoxy groups -OCH3 is 1. The van der Waals surface area contributed by atoms with Gasteiger partial charge >= 0.3 is 12.1 Å². The number of hydrogen-bond donors (Lipinski definition) is 0. The first-order valence-electron chi connectivity index (χ1n) is 9.64. The molecular weight excluding hydrogens is 344 g/mol. The molecule has 0 saturated carbocycles. The van der Waals surface area contributed by atoms with Crippen LogP contribution in [0.15, 0.2) is 30.3 Å². The van der Waals surface area contributed by atoms with Crippen LogP contribution in [0.3, 0.4) is 0 Å². The standard InChI is InChI=1S/C21H30N2O4/c1-21(2,3)27-20(25)23-14-17-11-10-16(18(23)19(24)26-4)13-22(17)12-15-8-6-5-7-9-15/h5-9,16-18H,10-14H2,1-4H3/t16-,17-,18-/m1/s1. The molecule has 1 aromatic carbocycles. The highest BCUT2D eigenvalue weighted by molar-refractivity contribution is 5.82. The number of esters is 1. The van der Waals surface area contributed by atoms with E-state index in [1.807, 2.05) is 39.0 Å². The first kappa shape index (κ1) is 19.7. The molecule has 3 atom stereocenters. The van der Waals surface area contributed by atoms with E-state index in [1.54, 1.807) is 4.90 Å². The third-order valence-electron chi connectivity index (χ3n) is 5.35. The summed E-state index contributed by atoms with van der Waals surface area (Å²) in [4.78, 5) is 29.4. The average Bonchev–Trinajstić information content (AvgIpc) is 2.89. The first-order valence-corrected chi connectivity index (χ1v) is 9.64. The molecule has 0 aliphatic carbocycles. The van der Waals surface area contributed by atoms with E-state index < -0.39 is 17.7 Å². The summed E-state index contributed by atoms with van der Waals surface area (Å²) in [7, 11) is 1.38. The average molecular weight is 374 g/mol. The molecule has 0 aromatic heterocycles. The Morgan fingerprint density at radius 3 is 2.44 bits per heavy atom. The van der Waals surface area contributed by atoms with Gasteiger partial charge in [0.2, 0.25) is 0 Å². The van der Waals surface area contributed by atoms with E-state index in [2.05, 4.69) is 17.0 Å². The molecule has 3 aliphatic heterocycles. The highest BCUT2D eigenvalue weighted by Gasteiger charge is 2.47. The van der Waals surface area contributed by atoms with Crippen molar-refractivity contribution in [2.24, 2.45) is 5.92 Å². The number of fused-ring (bicyclic) bond motifs is 4. The molecule has 6 heteroatoms. The SMILES string of the molecule is COC(=O)[C@H]1[C@@H]2CC[C@H](CN1C(=O)OC(C)(C)C)N(Cc1ccccc1)C2. The zero-order valence-corrected chi connectivity index (χ0v) is 16.7. The molecule has 0 spiro atoms. The van der Waals surface area contributed by atoms with Crippen LogP contribution in [0.2, 0.25) is 0 Å². The summed E-state index contributed by atoms with van der Waals surface area (Å²) in [6.07, 6.45) is 1.44. The molecule has 0 radical (unpaired) electrons. The monoisotopic (exact) mass is 374 g/mol. The Hall–Kier alpha value is -2.08. The predicted molar refractivity (Wildman–Crippen MR) is 102 cm³/mol. The fourth-order valence-corrected chi connectivity index (χ4v) is 4.15. The van der Waals surface area contributed by atoms with Crippen LogP contribution in [0, 0.1) is 5.92 Å². The Morgan fingerprint density at radius 2 is 1.81 bits per heavy atom. The summed E-state index contributed by atoms with van der Waals surface area (Å²) in [5.74, 6) is -0.305. The molecule has 0 N–H and O–H groups in total. The normalized spacial score (nSPS) is 25.8. The number of rotatable bonds is 3. The quantitative estimate of drug-likeness (QED) is 0.761. The first-order chi connectivity index (χ1) is 12.8. The number of nitrogens with zero attached hydrogens (tertiary/aromatic N) is 2. The van der Waals surface area contributed by atoms with Crippen molar-refractivity contribution < 1.29 is 19.1 Å². The summed E-state index contributed by atoms with van der Waals surface area (Å²) in [6, 6.07) is 9.93. The van der Waals surface area contributed by atoms with Gasteiger partial charge in [0.25, 0.3) is 0 Å². The van der Waals surface area contributed by atoms with Crippen molar-refractivity contribution in [3.05, 3.63) is 35.9 Å². The summed E-state index contributed by atoms with van der Waals surface area (Å²) >= 11 is 0. The van der Waals surface area contributed by atoms with Gasteiger partial charge in [-0.3, -0.25) is 9.80 Å². The molecule has 4 rings (SSSR count). The third kappa shape index (κ3) is 4.61. The molecule has 3 fully saturated rings. The number of carbonyl (C=O) groups excluding carboxylic acids is 2. The molecular formula is C21H30N2O4. The largest absolute Gasteiger partial charge is 0.467 e. The summed E-state index contributed by atoms with van der Waals surface area (Å²) in [5.41, 5.74) is 0.635.